The van der Waals surface area contributed by atoms with Gasteiger partial charge in [0.05, 0.1) is 13.1 Å². The molecule has 2 amide bonds. The van der Waals surface area contributed by atoms with Crippen molar-refractivity contribution in [1.82, 2.24) is 9.80 Å². The van der Waals surface area contributed by atoms with Gasteiger partial charge >= 0.3 is 12.2 Å². The Morgan fingerprint density at radius 3 is 1.74 bits per heavy atom. The van der Waals surface area contributed by atoms with Gasteiger partial charge in [0.15, 0.2) is 0 Å². The second-order valence-corrected chi connectivity index (χ2v) is 9.42. The summed E-state index contributed by atoms with van der Waals surface area (Å²) >= 11 is 0. The number of nitrogens with zero attached hydrogens (tertiary/aromatic N) is 2. The molecule has 8 nitrogen and oxygen atoms in total. The molecule has 1 aromatic carbocycles. The highest BCUT2D eigenvalue weighted by Crippen LogP contribution is 2.40. The Hall–Kier alpha value is -3.16. The molecule has 0 saturated heterocycles. The van der Waals surface area contributed by atoms with Crippen molar-refractivity contribution in [2.75, 3.05) is 14.1 Å². The Morgan fingerprint density at radius 1 is 0.800 bits per heavy atom. The Balaban J connectivity index is 3.61. The first-order chi connectivity index (χ1) is 16.4. The number of phenolic OH excluding ortho intramolecular Hbond substituents is 2. The molecule has 0 bridgehead atoms. The van der Waals surface area contributed by atoms with Crippen molar-refractivity contribution in [3.8, 4) is 11.5 Å². The summed E-state index contributed by atoms with van der Waals surface area (Å²) in [6.45, 7) is 8.00. The smallest absolute Gasteiger partial charge is 0.407 e. The lowest BCUT2D eigenvalue weighted by molar-refractivity contribution is 0.153. The molecule has 0 aliphatic carbocycles. The van der Waals surface area contributed by atoms with E-state index in [9.17, 15) is 30.0 Å². The van der Waals surface area contributed by atoms with Gasteiger partial charge in [-0.25, -0.2) is 9.59 Å². The average molecular weight is 491 g/mol. The van der Waals surface area contributed by atoms with Crippen LogP contribution in [0.2, 0.25) is 0 Å². The third-order valence-electron chi connectivity index (χ3n) is 6.09. The molecule has 0 aromatic heterocycles. The fourth-order valence-corrected chi connectivity index (χ4v) is 3.91. The van der Waals surface area contributed by atoms with E-state index in [0.717, 1.165) is 47.5 Å². The van der Waals surface area contributed by atoms with Crippen molar-refractivity contribution >= 4 is 12.2 Å². The van der Waals surface area contributed by atoms with Gasteiger partial charge < -0.3 is 30.2 Å². The standard InChI is InChI=1S/C27H42N2O6/c1-7-8-9-13-20-22(16-28(5)26(32)33)24(30)21(15-14-19(4)12-10-11-18(2)3)25(31)23(20)17-29(6)27(34)35/h11,14,30-31H,7-10,12-13,15-17H2,1-6H3,(H,32,33)(H,34,35). The quantitative estimate of drug-likeness (QED) is 0.191. The second kappa shape index (κ2) is 14.3. The number of hydrogen-bond donors (Lipinski definition) is 4. The van der Waals surface area contributed by atoms with Crippen molar-refractivity contribution < 1.29 is 30.0 Å². The molecule has 0 heterocycles. The van der Waals surface area contributed by atoms with Gasteiger partial charge in [0.1, 0.15) is 11.5 Å². The van der Waals surface area contributed by atoms with E-state index in [0.29, 0.717) is 23.1 Å². The lowest BCUT2D eigenvalue weighted by atomic mass is 9.89. The molecular weight excluding hydrogens is 448 g/mol. The fourth-order valence-electron chi connectivity index (χ4n) is 3.91. The summed E-state index contributed by atoms with van der Waals surface area (Å²) in [5, 5.41) is 41.3. The molecule has 35 heavy (non-hydrogen) atoms. The summed E-state index contributed by atoms with van der Waals surface area (Å²) < 4.78 is 0. The van der Waals surface area contributed by atoms with Crippen LogP contribution < -0.4 is 0 Å². The summed E-state index contributed by atoms with van der Waals surface area (Å²) in [5.74, 6) is -0.255. The van der Waals surface area contributed by atoms with Crippen LogP contribution in [0.3, 0.4) is 0 Å². The monoisotopic (exact) mass is 490 g/mol. The Bertz CT molecular complexity index is 898. The maximum Gasteiger partial charge on any atom is 0.407 e. The zero-order valence-electron chi connectivity index (χ0n) is 22.0. The van der Waals surface area contributed by atoms with Crippen LogP contribution in [0.5, 0.6) is 11.5 Å². The SMILES string of the molecule is CCCCCc1c(CN(C)C(=O)O)c(O)c(CC=C(C)CCC=C(C)C)c(O)c1CN(C)C(=O)O. The van der Waals surface area contributed by atoms with Crippen molar-refractivity contribution in [2.24, 2.45) is 0 Å². The van der Waals surface area contributed by atoms with Gasteiger partial charge in [-0.15, -0.1) is 0 Å². The third kappa shape index (κ3) is 9.19. The number of hydrogen-bond acceptors (Lipinski definition) is 4. The second-order valence-electron chi connectivity index (χ2n) is 9.42. The normalized spacial score (nSPS) is 11.3. The Labute approximate surface area is 209 Å². The highest BCUT2D eigenvalue weighted by Gasteiger charge is 2.26. The van der Waals surface area contributed by atoms with Crippen LogP contribution in [-0.2, 0) is 25.9 Å². The summed E-state index contributed by atoms with van der Waals surface area (Å²) in [4.78, 5) is 25.2. The minimum atomic E-state index is -1.14. The lowest BCUT2D eigenvalue weighted by Gasteiger charge is -2.25. The van der Waals surface area contributed by atoms with Gasteiger partial charge in [0.2, 0.25) is 0 Å². The molecule has 1 rings (SSSR count). The minimum Gasteiger partial charge on any atom is -0.507 e. The third-order valence-corrected chi connectivity index (χ3v) is 6.09. The Kier molecular flexibility index (Phi) is 12.2. The number of rotatable bonds is 13. The molecule has 0 unspecified atom stereocenters. The van der Waals surface area contributed by atoms with E-state index >= 15 is 0 Å². The molecule has 0 fully saturated rings. The largest absolute Gasteiger partial charge is 0.507 e. The molecule has 0 spiro atoms. The highest BCUT2D eigenvalue weighted by atomic mass is 16.4. The highest BCUT2D eigenvalue weighted by molar-refractivity contribution is 5.67. The molecule has 0 radical (unpaired) electrons. The first kappa shape index (κ1) is 29.9. The van der Waals surface area contributed by atoms with Crippen LogP contribution in [0.1, 0.15) is 82.1 Å². The van der Waals surface area contributed by atoms with E-state index in [4.69, 9.17) is 0 Å². The topological polar surface area (TPSA) is 122 Å². The van der Waals surface area contributed by atoms with Crippen molar-refractivity contribution in [2.45, 2.75) is 85.7 Å². The van der Waals surface area contributed by atoms with Crippen LogP contribution in [0.15, 0.2) is 23.3 Å². The molecule has 0 aliphatic rings. The number of benzene rings is 1. The van der Waals surface area contributed by atoms with Crippen LogP contribution in [0, 0.1) is 0 Å². The van der Waals surface area contributed by atoms with Gasteiger partial charge in [-0.2, -0.15) is 0 Å². The van der Waals surface area contributed by atoms with E-state index in [-0.39, 0.29) is 36.6 Å². The number of carbonyl (C=O) groups is 2. The Morgan fingerprint density at radius 2 is 1.31 bits per heavy atom. The van der Waals surface area contributed by atoms with Gasteiger partial charge in [-0.3, -0.25) is 0 Å². The molecule has 4 N–H and O–H groups in total. The maximum atomic E-state index is 11.5. The minimum absolute atomic E-state index is 0.0665. The van der Waals surface area contributed by atoms with Crippen molar-refractivity contribution in [3.05, 3.63) is 45.6 Å². The van der Waals surface area contributed by atoms with E-state index in [1.165, 1.54) is 19.7 Å². The van der Waals surface area contributed by atoms with Gasteiger partial charge in [-0.1, -0.05) is 43.1 Å². The predicted octanol–water partition coefficient (Wildman–Crippen LogP) is 6.29. The van der Waals surface area contributed by atoms with Crippen LogP contribution in [-0.4, -0.2) is 56.5 Å². The van der Waals surface area contributed by atoms with Gasteiger partial charge in [-0.05, 0) is 58.4 Å². The molecule has 0 aliphatic heterocycles. The summed E-state index contributed by atoms with van der Waals surface area (Å²) in [7, 11) is 2.83. The lowest BCUT2D eigenvalue weighted by Crippen LogP contribution is -2.27. The molecule has 0 saturated carbocycles. The first-order valence-electron chi connectivity index (χ1n) is 12.1. The molecule has 8 heteroatoms. The van der Waals surface area contributed by atoms with E-state index in [1.807, 2.05) is 26.8 Å². The van der Waals surface area contributed by atoms with Crippen molar-refractivity contribution in [3.63, 3.8) is 0 Å². The summed E-state index contributed by atoms with van der Waals surface area (Å²) in [6, 6.07) is 0. The fraction of sp³-hybridized carbons (Fsp3) is 0.556. The number of phenols is 2. The molecule has 196 valence electrons. The molecule has 1 aromatic rings. The zero-order chi connectivity index (χ0) is 26.7. The number of allylic oxidation sites excluding steroid dienone is 4. The van der Waals surface area contributed by atoms with Gasteiger partial charge in [0, 0.05) is 30.8 Å². The number of amides is 2. The zero-order valence-corrected chi connectivity index (χ0v) is 22.0. The number of aromatic hydroxyl groups is 2. The first-order valence-corrected chi connectivity index (χ1v) is 12.1. The van der Waals surface area contributed by atoms with E-state index in [1.54, 1.807) is 0 Å². The number of carboxylic acid groups (broad SMARTS) is 2. The van der Waals surface area contributed by atoms with Crippen LogP contribution >= 0.6 is 0 Å². The summed E-state index contributed by atoms with van der Waals surface area (Å²) in [6.07, 6.45) is 6.94. The van der Waals surface area contributed by atoms with Crippen molar-refractivity contribution in [1.29, 1.82) is 0 Å². The van der Waals surface area contributed by atoms with E-state index < -0.39 is 12.2 Å². The summed E-state index contributed by atoms with van der Waals surface area (Å²) in [5.41, 5.74) is 4.08. The van der Waals surface area contributed by atoms with Crippen LogP contribution in [0.25, 0.3) is 0 Å². The van der Waals surface area contributed by atoms with Crippen LogP contribution in [0.4, 0.5) is 9.59 Å². The van der Waals surface area contributed by atoms with E-state index in [2.05, 4.69) is 13.0 Å². The van der Waals surface area contributed by atoms with Gasteiger partial charge in [0.25, 0.3) is 0 Å². The predicted molar refractivity (Wildman–Crippen MR) is 138 cm³/mol. The molecular formula is C27H42N2O6. The molecule has 0 atom stereocenters. The number of unbranched alkanes of at least 4 members (excludes halogenated alkanes) is 2. The maximum absolute atomic E-state index is 11.5. The average Bonchev–Trinajstić information content (AvgIpc) is 2.77.